The Hall–Kier alpha value is -1.23. The molecule has 20 heavy (non-hydrogen) atoms. The van der Waals surface area contributed by atoms with Crippen molar-refractivity contribution < 1.29 is 13.2 Å². The molecule has 5 heteroatoms. The zero-order valence-corrected chi connectivity index (χ0v) is 11.7. The quantitative estimate of drug-likeness (QED) is 0.884. The molecule has 0 aromatic heterocycles. The van der Waals surface area contributed by atoms with Crippen molar-refractivity contribution in [3.63, 3.8) is 0 Å². The molecule has 112 valence electrons. The number of anilines is 1. The minimum atomic E-state index is -4.12. The zero-order valence-electron chi connectivity index (χ0n) is 11.7. The van der Waals surface area contributed by atoms with Gasteiger partial charge in [-0.25, -0.2) is 0 Å². The molecule has 1 unspecified atom stereocenters. The Bertz CT molecular complexity index is 431. The van der Waals surface area contributed by atoms with Gasteiger partial charge < -0.3 is 5.32 Å². The van der Waals surface area contributed by atoms with E-state index in [1.807, 2.05) is 31.2 Å². The van der Waals surface area contributed by atoms with Crippen LogP contribution in [-0.4, -0.2) is 37.3 Å². The molecule has 0 spiro atoms. The molecule has 0 saturated heterocycles. The van der Waals surface area contributed by atoms with Gasteiger partial charge in [0.05, 0.1) is 6.54 Å². The number of alkyl halides is 3. The molecule has 1 heterocycles. The smallest absolute Gasteiger partial charge is 0.385 e. The Labute approximate surface area is 118 Å². The van der Waals surface area contributed by atoms with Crippen LogP contribution in [0.15, 0.2) is 24.3 Å². The summed E-state index contributed by atoms with van der Waals surface area (Å²) in [5.74, 6) is 0.182. The van der Waals surface area contributed by atoms with E-state index in [0.717, 1.165) is 30.6 Å². The maximum atomic E-state index is 12.6. The second kappa shape index (κ2) is 6.48. The van der Waals surface area contributed by atoms with Crippen LogP contribution in [0, 0.1) is 0 Å². The predicted molar refractivity (Wildman–Crippen MR) is 75.1 cm³/mol. The molecule has 0 radical (unpaired) electrons. The van der Waals surface area contributed by atoms with Gasteiger partial charge >= 0.3 is 6.18 Å². The molecule has 0 saturated carbocycles. The summed E-state index contributed by atoms with van der Waals surface area (Å²) in [4.78, 5) is 1.53. The normalized spacial score (nSPS) is 18.8. The number of nitrogens with one attached hydrogen (secondary N) is 1. The van der Waals surface area contributed by atoms with Crippen molar-refractivity contribution in [1.82, 2.24) is 4.90 Å². The van der Waals surface area contributed by atoms with E-state index >= 15 is 0 Å². The van der Waals surface area contributed by atoms with E-state index in [1.165, 1.54) is 4.90 Å². The van der Waals surface area contributed by atoms with E-state index < -0.39 is 12.7 Å². The number of fused-ring (bicyclic) bond motifs is 1. The first-order valence-corrected chi connectivity index (χ1v) is 7.11. The van der Waals surface area contributed by atoms with Crippen LogP contribution in [0.2, 0.25) is 0 Å². The fourth-order valence-electron chi connectivity index (χ4n) is 2.86. The van der Waals surface area contributed by atoms with Crippen molar-refractivity contribution in [2.24, 2.45) is 0 Å². The van der Waals surface area contributed by atoms with Gasteiger partial charge in [0.1, 0.15) is 0 Å². The van der Waals surface area contributed by atoms with E-state index in [9.17, 15) is 13.2 Å². The summed E-state index contributed by atoms with van der Waals surface area (Å²) in [5.41, 5.74) is 2.20. The van der Waals surface area contributed by atoms with Crippen molar-refractivity contribution in [2.45, 2.75) is 31.9 Å². The number of para-hydroxylation sites is 1. The molecule has 1 atom stereocenters. The van der Waals surface area contributed by atoms with Gasteiger partial charge in [-0.1, -0.05) is 25.1 Å². The van der Waals surface area contributed by atoms with Crippen molar-refractivity contribution in [3.8, 4) is 0 Å². The van der Waals surface area contributed by atoms with Crippen LogP contribution in [0.4, 0.5) is 18.9 Å². The lowest BCUT2D eigenvalue weighted by Crippen LogP contribution is -2.38. The van der Waals surface area contributed by atoms with Gasteiger partial charge in [-0.15, -0.1) is 0 Å². The lowest BCUT2D eigenvalue weighted by Gasteiger charge is -2.32. The van der Waals surface area contributed by atoms with Gasteiger partial charge in [-0.05, 0) is 31.0 Å². The largest absolute Gasteiger partial charge is 0.401 e. The first kappa shape index (κ1) is 15.2. The minimum Gasteiger partial charge on any atom is -0.385 e. The average Bonchev–Trinajstić information content (AvgIpc) is 2.37. The van der Waals surface area contributed by atoms with E-state index in [0.29, 0.717) is 13.1 Å². The molecule has 0 aliphatic carbocycles. The molecule has 1 aliphatic heterocycles. The van der Waals surface area contributed by atoms with E-state index in [4.69, 9.17) is 0 Å². The van der Waals surface area contributed by atoms with Crippen molar-refractivity contribution >= 4 is 5.69 Å². The van der Waals surface area contributed by atoms with Crippen molar-refractivity contribution in [3.05, 3.63) is 29.8 Å². The van der Waals surface area contributed by atoms with Gasteiger partial charge in [-0.3, -0.25) is 4.90 Å². The molecular weight excluding hydrogens is 265 g/mol. The predicted octanol–water partition coefficient (Wildman–Crippen LogP) is 3.86. The number of halogens is 3. The fourth-order valence-corrected chi connectivity index (χ4v) is 2.86. The Morgan fingerprint density at radius 3 is 2.75 bits per heavy atom. The number of hydrogen-bond acceptors (Lipinski definition) is 2. The fraction of sp³-hybridized carbons (Fsp3) is 0.600. The number of rotatable bonds is 5. The number of nitrogens with zero attached hydrogens (tertiary/aromatic N) is 1. The Kier molecular flexibility index (Phi) is 4.91. The molecule has 0 amide bonds. The topological polar surface area (TPSA) is 15.3 Å². The lowest BCUT2D eigenvalue weighted by atomic mass is 9.90. The van der Waals surface area contributed by atoms with E-state index in [-0.39, 0.29) is 5.92 Å². The highest BCUT2D eigenvalue weighted by molar-refractivity contribution is 5.54. The van der Waals surface area contributed by atoms with Gasteiger partial charge in [0.25, 0.3) is 0 Å². The van der Waals surface area contributed by atoms with Crippen molar-refractivity contribution in [2.75, 3.05) is 31.5 Å². The minimum absolute atomic E-state index is 0.182. The number of hydrogen-bond donors (Lipinski definition) is 1. The maximum Gasteiger partial charge on any atom is 0.401 e. The van der Waals surface area contributed by atoms with E-state index in [2.05, 4.69) is 5.32 Å². The van der Waals surface area contributed by atoms with Crippen LogP contribution in [0.25, 0.3) is 0 Å². The highest BCUT2D eigenvalue weighted by Crippen LogP contribution is 2.32. The lowest BCUT2D eigenvalue weighted by molar-refractivity contribution is -0.146. The van der Waals surface area contributed by atoms with Gasteiger partial charge in [0.2, 0.25) is 0 Å². The average molecular weight is 286 g/mol. The van der Waals surface area contributed by atoms with Crippen LogP contribution < -0.4 is 5.32 Å². The molecule has 2 nitrogen and oxygen atoms in total. The number of benzene rings is 1. The highest BCUT2D eigenvalue weighted by atomic mass is 19.4. The molecule has 0 fully saturated rings. The molecule has 0 bridgehead atoms. The second-order valence-electron chi connectivity index (χ2n) is 5.35. The summed E-state index contributed by atoms with van der Waals surface area (Å²) in [6.45, 7) is 2.90. The molecule has 1 aromatic rings. The SMILES string of the molecule is CCCN(CC1CCNc2ccccc21)CC(F)(F)F. The molecule has 1 N–H and O–H groups in total. The highest BCUT2D eigenvalue weighted by Gasteiger charge is 2.32. The Morgan fingerprint density at radius 2 is 2.05 bits per heavy atom. The third-order valence-electron chi connectivity index (χ3n) is 3.63. The molecule has 2 rings (SSSR count). The summed E-state index contributed by atoms with van der Waals surface area (Å²) in [7, 11) is 0. The summed E-state index contributed by atoms with van der Waals surface area (Å²) >= 11 is 0. The van der Waals surface area contributed by atoms with Crippen LogP contribution >= 0.6 is 0 Å². The summed E-state index contributed by atoms with van der Waals surface area (Å²) < 4.78 is 37.9. The summed E-state index contributed by atoms with van der Waals surface area (Å²) in [6, 6.07) is 7.92. The third kappa shape index (κ3) is 4.13. The first-order valence-electron chi connectivity index (χ1n) is 7.11. The van der Waals surface area contributed by atoms with E-state index in [1.54, 1.807) is 0 Å². The Balaban J connectivity index is 2.07. The molecular formula is C15H21F3N2. The monoisotopic (exact) mass is 286 g/mol. The summed E-state index contributed by atoms with van der Waals surface area (Å²) in [6.07, 6.45) is -2.50. The zero-order chi connectivity index (χ0) is 14.6. The first-order chi connectivity index (χ1) is 9.49. The molecule has 1 aromatic carbocycles. The molecule has 1 aliphatic rings. The van der Waals surface area contributed by atoms with Gasteiger partial charge in [0.15, 0.2) is 0 Å². The maximum absolute atomic E-state index is 12.6. The second-order valence-corrected chi connectivity index (χ2v) is 5.35. The Morgan fingerprint density at radius 1 is 1.30 bits per heavy atom. The van der Waals surface area contributed by atoms with Crippen molar-refractivity contribution in [1.29, 1.82) is 0 Å². The van der Waals surface area contributed by atoms with Crippen LogP contribution in [0.3, 0.4) is 0 Å². The third-order valence-corrected chi connectivity index (χ3v) is 3.63. The van der Waals surface area contributed by atoms with Gasteiger partial charge in [0, 0.05) is 24.7 Å². The van der Waals surface area contributed by atoms with Crippen LogP contribution in [0.1, 0.15) is 31.2 Å². The van der Waals surface area contributed by atoms with Crippen LogP contribution in [0.5, 0.6) is 0 Å². The standard InChI is InChI=1S/C15H21F3N2/c1-2-9-20(11-15(16,17)18)10-12-7-8-19-14-6-4-3-5-13(12)14/h3-6,12,19H,2,7-11H2,1H3. The van der Waals surface area contributed by atoms with Gasteiger partial charge in [-0.2, -0.15) is 13.2 Å². The van der Waals surface area contributed by atoms with Crippen LogP contribution in [-0.2, 0) is 0 Å². The summed E-state index contributed by atoms with van der Waals surface area (Å²) in [5, 5.41) is 3.31.